The van der Waals surface area contributed by atoms with Gasteiger partial charge in [-0.15, -0.1) is 0 Å². The quantitative estimate of drug-likeness (QED) is 0.738. The second kappa shape index (κ2) is 5.21. The minimum atomic E-state index is 0.235. The molecule has 0 aliphatic heterocycles. The Morgan fingerprint density at radius 3 is 2.86 bits per heavy atom. The van der Waals surface area contributed by atoms with Crippen LogP contribution in [-0.4, -0.2) is 19.9 Å². The Morgan fingerprint density at radius 1 is 1.14 bits per heavy atom. The molecule has 0 fully saturated rings. The molecule has 0 amide bonds. The molecule has 110 valence electrons. The number of aromatic amines is 1. The van der Waals surface area contributed by atoms with Crippen molar-refractivity contribution in [3.8, 4) is 11.3 Å². The van der Waals surface area contributed by atoms with Gasteiger partial charge in [-0.1, -0.05) is 0 Å². The lowest BCUT2D eigenvalue weighted by Gasteiger charge is -2.07. The van der Waals surface area contributed by atoms with Crippen molar-refractivity contribution in [1.29, 1.82) is 0 Å². The third-order valence-corrected chi connectivity index (χ3v) is 4.46. The Morgan fingerprint density at radius 2 is 2.05 bits per heavy atom. The van der Waals surface area contributed by atoms with E-state index in [0.29, 0.717) is 5.82 Å². The van der Waals surface area contributed by atoms with Crippen LogP contribution in [-0.2, 0) is 6.42 Å². The number of hydrogen-bond acceptors (Lipinski definition) is 4. The van der Waals surface area contributed by atoms with Crippen molar-refractivity contribution in [1.82, 2.24) is 19.9 Å². The Kier molecular flexibility index (Phi) is 3.18. The smallest absolute Gasteiger partial charge is 0.123 e. The summed E-state index contributed by atoms with van der Waals surface area (Å²) in [7, 11) is 0. The zero-order chi connectivity index (χ0) is 15.1. The average Bonchev–Trinajstić information content (AvgIpc) is 3.13. The summed E-state index contributed by atoms with van der Waals surface area (Å²) in [5.74, 6) is 1.71. The maximum atomic E-state index is 5.63. The van der Waals surface area contributed by atoms with Gasteiger partial charge in [0.1, 0.15) is 11.6 Å². The number of aromatic nitrogens is 4. The molecule has 3 heterocycles. The van der Waals surface area contributed by atoms with Gasteiger partial charge in [0.05, 0.1) is 23.5 Å². The summed E-state index contributed by atoms with van der Waals surface area (Å²) in [5.41, 5.74) is 9.98. The largest absolute Gasteiger partial charge is 0.384 e. The number of anilines is 1. The molecule has 0 aromatic carbocycles. The van der Waals surface area contributed by atoms with Crippen LogP contribution in [0.3, 0.4) is 0 Å². The molecule has 4 rings (SSSR count). The van der Waals surface area contributed by atoms with Crippen LogP contribution in [0.5, 0.6) is 0 Å². The van der Waals surface area contributed by atoms with Crippen LogP contribution in [0.2, 0.25) is 0 Å². The van der Waals surface area contributed by atoms with Gasteiger partial charge < -0.3 is 10.7 Å². The first-order valence-electron chi connectivity index (χ1n) is 7.12. The van der Waals surface area contributed by atoms with E-state index in [1.54, 1.807) is 12.3 Å². The predicted molar refractivity (Wildman–Crippen MR) is 88.3 cm³/mol. The monoisotopic (exact) mass is 355 g/mol. The highest BCUT2D eigenvalue weighted by molar-refractivity contribution is 9.10. The second-order valence-electron chi connectivity index (χ2n) is 5.44. The molecule has 0 bridgehead atoms. The van der Waals surface area contributed by atoms with Gasteiger partial charge in [-0.2, -0.15) is 0 Å². The number of fused-ring (bicyclic) bond motifs is 1. The molecule has 6 heteroatoms. The molecule has 22 heavy (non-hydrogen) atoms. The fraction of sp³-hybridized carbons (Fsp3) is 0.188. The zero-order valence-corrected chi connectivity index (χ0v) is 13.3. The van der Waals surface area contributed by atoms with E-state index in [-0.39, 0.29) is 5.92 Å². The number of nitrogens with one attached hydrogen (secondary N) is 1. The standard InChI is InChI=1S/C16H14BrN5/c17-11-5-9-1-3-12(15(9)20-7-11)16-21-8-13(22-16)10-2-4-14(18)19-6-10/h2,4-8,12H,1,3H2,(H2,18,19)(H,21,22). The van der Waals surface area contributed by atoms with Crippen molar-refractivity contribution in [2.75, 3.05) is 5.73 Å². The minimum Gasteiger partial charge on any atom is -0.384 e. The van der Waals surface area contributed by atoms with Crippen molar-refractivity contribution in [2.24, 2.45) is 0 Å². The van der Waals surface area contributed by atoms with Gasteiger partial charge >= 0.3 is 0 Å². The molecule has 1 atom stereocenters. The first-order valence-corrected chi connectivity index (χ1v) is 7.91. The minimum absolute atomic E-state index is 0.235. The Bertz CT molecular complexity index is 825. The maximum Gasteiger partial charge on any atom is 0.123 e. The normalized spacial score (nSPS) is 16.7. The van der Waals surface area contributed by atoms with E-state index >= 15 is 0 Å². The fourth-order valence-corrected chi connectivity index (χ4v) is 3.31. The predicted octanol–water partition coefficient (Wildman–Crippen LogP) is 3.29. The van der Waals surface area contributed by atoms with Crippen molar-refractivity contribution in [3.63, 3.8) is 0 Å². The molecule has 1 aliphatic rings. The summed E-state index contributed by atoms with van der Waals surface area (Å²) in [4.78, 5) is 16.6. The number of nitrogen functional groups attached to an aromatic ring is 1. The van der Waals surface area contributed by atoms with Crippen LogP contribution < -0.4 is 5.73 Å². The fourth-order valence-electron chi connectivity index (χ4n) is 2.93. The van der Waals surface area contributed by atoms with Crippen molar-refractivity contribution < 1.29 is 0 Å². The van der Waals surface area contributed by atoms with E-state index in [0.717, 1.165) is 40.1 Å². The van der Waals surface area contributed by atoms with Gasteiger partial charge in [0, 0.05) is 22.4 Å². The number of aryl methyl sites for hydroxylation is 1. The maximum absolute atomic E-state index is 5.63. The summed E-state index contributed by atoms with van der Waals surface area (Å²) in [6.45, 7) is 0. The van der Waals surface area contributed by atoms with Gasteiger partial charge in [0.25, 0.3) is 0 Å². The topological polar surface area (TPSA) is 80.5 Å². The van der Waals surface area contributed by atoms with E-state index in [1.807, 2.05) is 18.5 Å². The number of rotatable bonds is 2. The molecule has 0 spiro atoms. The number of hydrogen-bond donors (Lipinski definition) is 2. The number of pyridine rings is 2. The highest BCUT2D eigenvalue weighted by atomic mass is 79.9. The third kappa shape index (κ3) is 2.29. The highest BCUT2D eigenvalue weighted by Crippen LogP contribution is 2.36. The average molecular weight is 356 g/mol. The summed E-state index contributed by atoms with van der Waals surface area (Å²) in [6, 6.07) is 5.88. The summed E-state index contributed by atoms with van der Waals surface area (Å²) in [5, 5.41) is 0. The summed E-state index contributed by atoms with van der Waals surface area (Å²) >= 11 is 3.48. The molecule has 3 aromatic rings. The van der Waals surface area contributed by atoms with Crippen LogP contribution >= 0.6 is 15.9 Å². The molecule has 3 aromatic heterocycles. The van der Waals surface area contributed by atoms with Crippen molar-refractivity contribution >= 4 is 21.7 Å². The van der Waals surface area contributed by atoms with Gasteiger partial charge in [0.15, 0.2) is 0 Å². The van der Waals surface area contributed by atoms with E-state index < -0.39 is 0 Å². The SMILES string of the molecule is Nc1ccc(-c2cnc(C3CCc4cc(Br)cnc43)[nH]2)cn1. The molecule has 0 saturated heterocycles. The summed E-state index contributed by atoms with van der Waals surface area (Å²) < 4.78 is 1.03. The Labute approximate surface area is 136 Å². The number of imidazole rings is 1. The number of H-pyrrole nitrogens is 1. The van der Waals surface area contributed by atoms with Gasteiger partial charge in [-0.25, -0.2) is 9.97 Å². The Balaban J connectivity index is 1.67. The zero-order valence-electron chi connectivity index (χ0n) is 11.8. The van der Waals surface area contributed by atoms with Gasteiger partial charge in [-0.3, -0.25) is 4.98 Å². The van der Waals surface area contributed by atoms with E-state index in [2.05, 4.69) is 41.9 Å². The van der Waals surface area contributed by atoms with Gasteiger partial charge in [0.2, 0.25) is 0 Å². The van der Waals surface area contributed by atoms with E-state index in [1.165, 1.54) is 5.56 Å². The molecular weight excluding hydrogens is 342 g/mol. The summed E-state index contributed by atoms with van der Waals surface area (Å²) in [6.07, 6.45) is 7.52. The van der Waals surface area contributed by atoms with Crippen molar-refractivity contribution in [2.45, 2.75) is 18.8 Å². The molecule has 1 aliphatic carbocycles. The molecule has 0 radical (unpaired) electrons. The lowest BCUT2D eigenvalue weighted by atomic mass is 10.1. The van der Waals surface area contributed by atoms with Crippen LogP contribution in [0.15, 0.2) is 41.3 Å². The van der Waals surface area contributed by atoms with Crippen LogP contribution in [0.25, 0.3) is 11.3 Å². The highest BCUT2D eigenvalue weighted by Gasteiger charge is 2.27. The molecular formula is C16H14BrN5. The Hall–Kier alpha value is -2.21. The van der Waals surface area contributed by atoms with Gasteiger partial charge in [-0.05, 0) is 52.5 Å². The van der Waals surface area contributed by atoms with E-state index in [4.69, 9.17) is 5.73 Å². The molecule has 5 nitrogen and oxygen atoms in total. The van der Waals surface area contributed by atoms with Crippen LogP contribution in [0, 0.1) is 0 Å². The number of nitrogens with two attached hydrogens (primary N) is 1. The third-order valence-electron chi connectivity index (χ3n) is 4.02. The molecule has 3 N–H and O–H groups in total. The number of halogens is 1. The lowest BCUT2D eigenvalue weighted by molar-refractivity contribution is 0.727. The first kappa shape index (κ1) is 13.5. The van der Waals surface area contributed by atoms with Crippen LogP contribution in [0.4, 0.5) is 5.82 Å². The molecule has 1 unspecified atom stereocenters. The van der Waals surface area contributed by atoms with E-state index in [9.17, 15) is 0 Å². The van der Waals surface area contributed by atoms with Crippen LogP contribution in [0.1, 0.15) is 29.4 Å². The first-order chi connectivity index (χ1) is 10.7. The second-order valence-corrected chi connectivity index (χ2v) is 6.36. The van der Waals surface area contributed by atoms with Crippen molar-refractivity contribution in [3.05, 3.63) is 58.3 Å². The number of nitrogens with zero attached hydrogens (tertiary/aromatic N) is 3. The lowest BCUT2D eigenvalue weighted by Crippen LogP contribution is -2.01. The molecule has 0 saturated carbocycles.